The standard InChI is InChI=1S/C24H29N3O/c25-20-12-6-4-10-17(20)24(28)27-15-14-19-22(16-8-2-1-3-9-16)26-21-13-7-5-11-18(21)23(19)27/h1-3,5,7-9,11,13,17,19-20,22-23,26H,4,6,10,12,14-15,25H2/t17-,19+,20+,22-,23-/m0/s1. The Morgan fingerprint density at radius 1 is 0.964 bits per heavy atom. The lowest BCUT2D eigenvalue weighted by Gasteiger charge is -2.41. The molecule has 1 amide bonds. The molecule has 0 aromatic heterocycles. The number of nitrogens with zero attached hydrogens (tertiary/aromatic N) is 1. The predicted molar refractivity (Wildman–Crippen MR) is 112 cm³/mol. The minimum Gasteiger partial charge on any atom is -0.378 e. The number of likely N-dealkylation sites (tertiary alicyclic amines) is 1. The first-order valence-electron chi connectivity index (χ1n) is 10.7. The van der Waals surface area contributed by atoms with Crippen molar-refractivity contribution in [3.63, 3.8) is 0 Å². The lowest BCUT2D eigenvalue weighted by atomic mass is 9.79. The van der Waals surface area contributed by atoms with Crippen molar-refractivity contribution in [1.29, 1.82) is 0 Å². The molecule has 28 heavy (non-hydrogen) atoms. The Morgan fingerprint density at radius 2 is 1.71 bits per heavy atom. The van der Waals surface area contributed by atoms with Gasteiger partial charge >= 0.3 is 0 Å². The first-order valence-corrected chi connectivity index (χ1v) is 10.7. The van der Waals surface area contributed by atoms with Crippen LogP contribution in [0, 0.1) is 11.8 Å². The summed E-state index contributed by atoms with van der Waals surface area (Å²) in [6.07, 6.45) is 5.22. The summed E-state index contributed by atoms with van der Waals surface area (Å²) < 4.78 is 0. The van der Waals surface area contributed by atoms with E-state index in [2.05, 4.69) is 64.8 Å². The number of hydrogen-bond acceptors (Lipinski definition) is 3. The van der Waals surface area contributed by atoms with Crippen molar-refractivity contribution < 1.29 is 4.79 Å². The molecule has 146 valence electrons. The molecule has 2 aliphatic heterocycles. The van der Waals surface area contributed by atoms with Crippen molar-refractivity contribution in [2.75, 3.05) is 11.9 Å². The number of fused-ring (bicyclic) bond motifs is 3. The highest BCUT2D eigenvalue weighted by atomic mass is 16.2. The van der Waals surface area contributed by atoms with Gasteiger partial charge in [0.2, 0.25) is 5.91 Å². The topological polar surface area (TPSA) is 58.4 Å². The van der Waals surface area contributed by atoms with Gasteiger partial charge in [0, 0.05) is 24.2 Å². The third-order valence-electron chi connectivity index (χ3n) is 7.04. The van der Waals surface area contributed by atoms with E-state index in [1.165, 1.54) is 11.1 Å². The van der Waals surface area contributed by atoms with Crippen LogP contribution in [0.15, 0.2) is 54.6 Å². The molecular weight excluding hydrogens is 346 g/mol. The number of amides is 1. The average molecular weight is 376 g/mol. The first kappa shape index (κ1) is 17.7. The number of nitrogens with two attached hydrogens (primary N) is 1. The second-order valence-corrected chi connectivity index (χ2v) is 8.60. The Morgan fingerprint density at radius 3 is 2.54 bits per heavy atom. The van der Waals surface area contributed by atoms with Crippen molar-refractivity contribution in [1.82, 2.24) is 4.90 Å². The van der Waals surface area contributed by atoms with Crippen LogP contribution in [0.4, 0.5) is 5.69 Å². The fourth-order valence-corrected chi connectivity index (χ4v) is 5.64. The van der Waals surface area contributed by atoms with Gasteiger partial charge in [0.15, 0.2) is 0 Å². The van der Waals surface area contributed by atoms with E-state index in [0.29, 0.717) is 5.92 Å². The zero-order valence-electron chi connectivity index (χ0n) is 16.3. The molecule has 0 unspecified atom stereocenters. The van der Waals surface area contributed by atoms with E-state index in [4.69, 9.17) is 5.73 Å². The molecule has 4 heteroatoms. The zero-order chi connectivity index (χ0) is 19.1. The number of carbonyl (C=O) groups excluding carboxylic acids is 1. The van der Waals surface area contributed by atoms with Gasteiger partial charge in [-0.15, -0.1) is 0 Å². The Labute approximate surface area is 167 Å². The molecule has 3 aliphatic rings. The highest BCUT2D eigenvalue weighted by Gasteiger charge is 2.47. The number of para-hydroxylation sites is 1. The van der Waals surface area contributed by atoms with Gasteiger partial charge in [0.05, 0.1) is 18.0 Å². The molecule has 1 saturated carbocycles. The average Bonchev–Trinajstić information content (AvgIpc) is 3.19. The van der Waals surface area contributed by atoms with E-state index in [-0.39, 0.29) is 30.0 Å². The Balaban J connectivity index is 1.51. The van der Waals surface area contributed by atoms with Crippen LogP contribution in [0.25, 0.3) is 0 Å². The Kier molecular flexibility index (Phi) is 4.59. The summed E-state index contributed by atoms with van der Waals surface area (Å²) in [5.41, 5.74) is 10.1. The highest BCUT2D eigenvalue weighted by Crippen LogP contribution is 2.51. The second-order valence-electron chi connectivity index (χ2n) is 8.60. The zero-order valence-corrected chi connectivity index (χ0v) is 16.3. The number of hydrogen-bond donors (Lipinski definition) is 2. The Bertz CT molecular complexity index is 852. The largest absolute Gasteiger partial charge is 0.378 e. The summed E-state index contributed by atoms with van der Waals surface area (Å²) in [6.45, 7) is 0.830. The van der Waals surface area contributed by atoms with Crippen LogP contribution in [0.1, 0.15) is 55.3 Å². The molecule has 5 rings (SSSR count). The molecule has 2 fully saturated rings. The molecule has 4 nitrogen and oxygen atoms in total. The van der Waals surface area contributed by atoms with E-state index in [9.17, 15) is 4.79 Å². The summed E-state index contributed by atoms with van der Waals surface area (Å²) >= 11 is 0. The predicted octanol–water partition coefficient (Wildman–Crippen LogP) is 4.26. The van der Waals surface area contributed by atoms with Crippen LogP contribution in [-0.4, -0.2) is 23.4 Å². The van der Waals surface area contributed by atoms with Gasteiger partial charge in [-0.3, -0.25) is 4.79 Å². The SMILES string of the molecule is N[C@@H]1CCCC[C@@H]1C(=O)N1CC[C@@H]2[C@H](c3ccccc3)Nc3ccccc3[C@@H]21. The Hall–Kier alpha value is -2.33. The van der Waals surface area contributed by atoms with E-state index in [0.717, 1.165) is 44.3 Å². The number of nitrogens with one attached hydrogen (secondary N) is 1. The monoisotopic (exact) mass is 375 g/mol. The summed E-state index contributed by atoms with van der Waals surface area (Å²) in [6, 6.07) is 19.6. The molecule has 3 N–H and O–H groups in total. The number of rotatable bonds is 2. The van der Waals surface area contributed by atoms with Crippen molar-refractivity contribution in [3.05, 3.63) is 65.7 Å². The van der Waals surface area contributed by atoms with Gasteiger partial charge in [0.1, 0.15) is 0 Å². The van der Waals surface area contributed by atoms with Crippen molar-refractivity contribution >= 4 is 11.6 Å². The van der Waals surface area contributed by atoms with Crippen LogP contribution in [0.5, 0.6) is 0 Å². The maximum Gasteiger partial charge on any atom is 0.227 e. The molecule has 0 bridgehead atoms. The van der Waals surface area contributed by atoms with Gasteiger partial charge in [-0.1, -0.05) is 61.4 Å². The molecule has 2 aromatic rings. The molecule has 0 radical (unpaired) electrons. The lowest BCUT2D eigenvalue weighted by Crippen LogP contribution is -2.46. The van der Waals surface area contributed by atoms with E-state index in [1.807, 2.05) is 0 Å². The molecule has 2 aromatic carbocycles. The maximum atomic E-state index is 13.5. The van der Waals surface area contributed by atoms with Crippen LogP contribution in [0.2, 0.25) is 0 Å². The molecular formula is C24H29N3O. The molecule has 1 aliphatic carbocycles. The highest BCUT2D eigenvalue weighted by molar-refractivity contribution is 5.81. The molecule has 0 spiro atoms. The van der Waals surface area contributed by atoms with Gasteiger partial charge in [-0.25, -0.2) is 0 Å². The third-order valence-corrected chi connectivity index (χ3v) is 7.04. The van der Waals surface area contributed by atoms with Crippen molar-refractivity contribution in [2.24, 2.45) is 17.6 Å². The minimum atomic E-state index is -0.00952. The maximum absolute atomic E-state index is 13.5. The quantitative estimate of drug-likeness (QED) is 0.824. The third kappa shape index (κ3) is 2.91. The molecule has 2 heterocycles. The molecule has 1 saturated heterocycles. The van der Waals surface area contributed by atoms with E-state index < -0.39 is 0 Å². The van der Waals surface area contributed by atoms with Gasteiger partial charge < -0.3 is 16.0 Å². The van der Waals surface area contributed by atoms with Crippen molar-refractivity contribution in [2.45, 2.75) is 50.2 Å². The van der Waals surface area contributed by atoms with Crippen LogP contribution >= 0.6 is 0 Å². The van der Waals surface area contributed by atoms with E-state index in [1.54, 1.807) is 0 Å². The summed E-state index contributed by atoms with van der Waals surface area (Å²) in [7, 11) is 0. The minimum absolute atomic E-state index is 0.00952. The summed E-state index contributed by atoms with van der Waals surface area (Å²) in [4.78, 5) is 15.7. The fourth-order valence-electron chi connectivity index (χ4n) is 5.64. The number of benzene rings is 2. The first-order chi connectivity index (χ1) is 13.7. The normalized spacial score (nSPS) is 31.6. The van der Waals surface area contributed by atoms with Gasteiger partial charge in [-0.2, -0.15) is 0 Å². The second kappa shape index (κ2) is 7.25. The fraction of sp³-hybridized carbons (Fsp3) is 0.458. The van der Waals surface area contributed by atoms with Crippen molar-refractivity contribution in [3.8, 4) is 0 Å². The van der Waals surface area contributed by atoms with Crippen LogP contribution in [-0.2, 0) is 4.79 Å². The van der Waals surface area contributed by atoms with Crippen LogP contribution in [0.3, 0.4) is 0 Å². The summed E-state index contributed by atoms with van der Waals surface area (Å²) in [5.74, 6) is 0.661. The number of carbonyl (C=O) groups is 1. The van der Waals surface area contributed by atoms with Crippen LogP contribution < -0.4 is 11.1 Å². The lowest BCUT2D eigenvalue weighted by molar-refractivity contribution is -0.138. The summed E-state index contributed by atoms with van der Waals surface area (Å²) in [5, 5.41) is 3.77. The van der Waals surface area contributed by atoms with Gasteiger partial charge in [-0.05, 0) is 36.5 Å². The smallest absolute Gasteiger partial charge is 0.227 e. The van der Waals surface area contributed by atoms with Gasteiger partial charge in [0.25, 0.3) is 0 Å². The number of anilines is 1. The molecule has 5 atom stereocenters. The van der Waals surface area contributed by atoms with E-state index >= 15 is 0 Å².